The molecule has 4 rings (SSSR count). The summed E-state index contributed by atoms with van der Waals surface area (Å²) in [7, 11) is 4.30. The Morgan fingerprint density at radius 2 is 1.85 bits per heavy atom. The number of oxime groups is 1. The van der Waals surface area contributed by atoms with Gasteiger partial charge in [0.1, 0.15) is 17.0 Å². The van der Waals surface area contributed by atoms with E-state index in [-0.39, 0.29) is 23.4 Å². The van der Waals surface area contributed by atoms with Gasteiger partial charge in [-0.3, -0.25) is 4.79 Å². The first-order valence-electron chi connectivity index (χ1n) is 10.2. The third-order valence-electron chi connectivity index (χ3n) is 5.30. The monoisotopic (exact) mass is 449 g/mol. The Labute approximate surface area is 189 Å². The second-order valence-electron chi connectivity index (χ2n) is 7.34. The highest BCUT2D eigenvalue weighted by molar-refractivity contribution is 6.18. The zero-order valence-electron chi connectivity index (χ0n) is 18.5. The van der Waals surface area contributed by atoms with Crippen molar-refractivity contribution in [2.45, 2.75) is 19.1 Å². The molecule has 0 N–H and O–H groups in total. The molecule has 0 fully saturated rings. The van der Waals surface area contributed by atoms with E-state index < -0.39 is 12.1 Å². The molecular weight excluding hydrogens is 426 g/mol. The summed E-state index contributed by atoms with van der Waals surface area (Å²) in [4.78, 5) is 31.1. The van der Waals surface area contributed by atoms with Gasteiger partial charge in [0.05, 0.1) is 45.2 Å². The summed E-state index contributed by atoms with van der Waals surface area (Å²) in [6.45, 7) is 0.154. The maximum Gasteiger partial charge on any atom is 0.343 e. The van der Waals surface area contributed by atoms with Gasteiger partial charge < -0.3 is 19.0 Å². The largest absolute Gasteiger partial charge is 0.503 e. The molecule has 3 aromatic rings. The van der Waals surface area contributed by atoms with Gasteiger partial charge in [0.2, 0.25) is 0 Å². The van der Waals surface area contributed by atoms with Gasteiger partial charge in [0, 0.05) is 11.8 Å². The van der Waals surface area contributed by atoms with Crippen LogP contribution in [0.2, 0.25) is 0 Å². The van der Waals surface area contributed by atoms with Crippen molar-refractivity contribution in [3.8, 4) is 5.75 Å². The Bertz CT molecular complexity index is 1290. The molecule has 1 aromatic heterocycles. The zero-order valence-corrected chi connectivity index (χ0v) is 18.5. The summed E-state index contributed by atoms with van der Waals surface area (Å²) in [5.74, 6) is 0.127. The van der Waals surface area contributed by atoms with Gasteiger partial charge in [-0.25, -0.2) is 9.48 Å². The van der Waals surface area contributed by atoms with E-state index in [4.69, 9.17) is 19.0 Å². The average Bonchev–Trinajstić information content (AvgIpc) is 3.32. The highest BCUT2D eigenvalue weighted by atomic mass is 16.6. The lowest BCUT2D eigenvalue weighted by atomic mass is 10.0. The van der Waals surface area contributed by atoms with Crippen LogP contribution in [0.1, 0.15) is 17.7 Å². The second kappa shape index (κ2) is 9.56. The van der Waals surface area contributed by atoms with Crippen LogP contribution >= 0.6 is 0 Å². The van der Waals surface area contributed by atoms with Crippen molar-refractivity contribution >= 4 is 28.0 Å². The molecule has 0 saturated heterocycles. The maximum absolute atomic E-state index is 13.1. The SMILES string of the molecule is CO/C=C(\C(=O)OC)c1nn(CC2CC(c3ccc(OC)cc3)=NO2)c(=O)c2ccccc12. The predicted molar refractivity (Wildman–Crippen MR) is 122 cm³/mol. The molecule has 0 radical (unpaired) electrons. The lowest BCUT2D eigenvalue weighted by Crippen LogP contribution is -2.30. The lowest BCUT2D eigenvalue weighted by Gasteiger charge is -2.14. The van der Waals surface area contributed by atoms with Crippen molar-refractivity contribution < 1.29 is 23.8 Å². The average molecular weight is 449 g/mol. The number of hydrogen-bond acceptors (Lipinski definition) is 8. The number of benzene rings is 2. The van der Waals surface area contributed by atoms with E-state index in [1.54, 1.807) is 31.4 Å². The Balaban J connectivity index is 1.66. The van der Waals surface area contributed by atoms with Crippen molar-refractivity contribution in [1.82, 2.24) is 9.78 Å². The quantitative estimate of drug-likeness (QED) is 0.311. The van der Waals surface area contributed by atoms with Gasteiger partial charge in [0.25, 0.3) is 5.56 Å². The fraction of sp³-hybridized carbons (Fsp3) is 0.250. The van der Waals surface area contributed by atoms with Crippen LogP contribution in [0.25, 0.3) is 16.3 Å². The Hall–Kier alpha value is -4.14. The van der Waals surface area contributed by atoms with Crippen LogP contribution in [0.15, 0.2) is 64.7 Å². The molecule has 170 valence electrons. The van der Waals surface area contributed by atoms with E-state index in [1.165, 1.54) is 25.2 Å². The van der Waals surface area contributed by atoms with Crippen molar-refractivity contribution in [3.63, 3.8) is 0 Å². The molecule has 0 saturated carbocycles. The summed E-state index contributed by atoms with van der Waals surface area (Å²) in [5, 5.41) is 9.61. The molecule has 0 bridgehead atoms. The summed E-state index contributed by atoms with van der Waals surface area (Å²) in [5.41, 5.74) is 1.78. The highest BCUT2D eigenvalue weighted by Crippen LogP contribution is 2.24. The van der Waals surface area contributed by atoms with Gasteiger partial charge in [0.15, 0.2) is 6.10 Å². The third-order valence-corrected chi connectivity index (χ3v) is 5.30. The van der Waals surface area contributed by atoms with Gasteiger partial charge in [-0.1, -0.05) is 23.4 Å². The number of carbonyl (C=O) groups excluding carboxylic acids is 1. The number of nitrogens with zero attached hydrogens (tertiary/aromatic N) is 3. The Morgan fingerprint density at radius 1 is 1.12 bits per heavy atom. The number of ether oxygens (including phenoxy) is 3. The number of carbonyl (C=O) groups is 1. The number of aromatic nitrogens is 2. The minimum atomic E-state index is -0.623. The molecule has 0 amide bonds. The van der Waals surface area contributed by atoms with E-state index in [0.29, 0.717) is 17.2 Å². The number of rotatable bonds is 7. The van der Waals surface area contributed by atoms with E-state index in [9.17, 15) is 9.59 Å². The van der Waals surface area contributed by atoms with Crippen molar-refractivity contribution in [2.75, 3.05) is 21.3 Å². The van der Waals surface area contributed by atoms with Crippen molar-refractivity contribution in [2.24, 2.45) is 5.16 Å². The number of esters is 1. The molecule has 2 heterocycles. The van der Waals surface area contributed by atoms with Crippen LogP contribution in [0.3, 0.4) is 0 Å². The molecule has 1 unspecified atom stereocenters. The summed E-state index contributed by atoms with van der Waals surface area (Å²) in [6, 6.07) is 14.5. The van der Waals surface area contributed by atoms with Gasteiger partial charge in [-0.15, -0.1) is 0 Å². The van der Waals surface area contributed by atoms with Crippen LogP contribution in [-0.4, -0.2) is 48.9 Å². The molecule has 9 heteroatoms. The normalized spacial score (nSPS) is 15.7. The minimum Gasteiger partial charge on any atom is -0.503 e. The third kappa shape index (κ3) is 4.43. The number of methoxy groups -OCH3 is 3. The fourth-order valence-electron chi connectivity index (χ4n) is 3.66. The van der Waals surface area contributed by atoms with Crippen LogP contribution in [0.4, 0.5) is 0 Å². The van der Waals surface area contributed by atoms with Gasteiger partial charge >= 0.3 is 5.97 Å². The first-order chi connectivity index (χ1) is 16.0. The standard InChI is InChI=1S/C24H23N3O6/c1-30-14-20(24(29)32-3)22-18-6-4-5-7-19(18)23(28)27(25-22)13-17-12-21(26-33-17)15-8-10-16(31-2)11-9-15/h4-11,14,17H,12-13H2,1-3H3/b20-14-. The summed E-state index contributed by atoms with van der Waals surface area (Å²) < 4.78 is 16.4. The molecular formula is C24H23N3O6. The minimum absolute atomic E-state index is 0.104. The second-order valence-corrected chi connectivity index (χ2v) is 7.34. The Morgan fingerprint density at radius 3 is 2.52 bits per heavy atom. The molecule has 1 atom stereocenters. The van der Waals surface area contributed by atoms with E-state index >= 15 is 0 Å². The number of hydrogen-bond donors (Lipinski definition) is 0. The zero-order chi connectivity index (χ0) is 23.4. The summed E-state index contributed by atoms with van der Waals surface area (Å²) >= 11 is 0. The molecule has 2 aromatic carbocycles. The summed E-state index contributed by atoms with van der Waals surface area (Å²) in [6.07, 6.45) is 1.36. The molecule has 1 aliphatic heterocycles. The van der Waals surface area contributed by atoms with Crippen LogP contribution in [0.5, 0.6) is 5.75 Å². The fourth-order valence-corrected chi connectivity index (χ4v) is 3.66. The number of fused-ring (bicyclic) bond motifs is 1. The predicted octanol–water partition coefficient (Wildman–Crippen LogP) is 2.76. The smallest absolute Gasteiger partial charge is 0.343 e. The molecule has 9 nitrogen and oxygen atoms in total. The van der Waals surface area contributed by atoms with Crippen molar-refractivity contribution in [1.29, 1.82) is 0 Å². The molecule has 0 spiro atoms. The van der Waals surface area contributed by atoms with Gasteiger partial charge in [-0.05, 0) is 35.9 Å². The van der Waals surface area contributed by atoms with Crippen LogP contribution < -0.4 is 10.3 Å². The highest BCUT2D eigenvalue weighted by Gasteiger charge is 2.26. The Kier molecular flexibility index (Phi) is 6.39. The van der Waals surface area contributed by atoms with E-state index in [2.05, 4.69) is 10.3 Å². The first-order valence-corrected chi connectivity index (χ1v) is 10.2. The van der Waals surface area contributed by atoms with Gasteiger partial charge in [-0.2, -0.15) is 5.10 Å². The maximum atomic E-state index is 13.1. The molecule has 0 aliphatic carbocycles. The molecule has 1 aliphatic rings. The molecule has 33 heavy (non-hydrogen) atoms. The van der Waals surface area contributed by atoms with Crippen molar-refractivity contribution in [3.05, 3.63) is 76.4 Å². The van der Waals surface area contributed by atoms with Crippen LogP contribution in [0, 0.1) is 0 Å². The van der Waals surface area contributed by atoms with E-state index in [1.807, 2.05) is 24.3 Å². The van der Waals surface area contributed by atoms with Crippen LogP contribution in [-0.2, 0) is 25.7 Å². The first kappa shape index (κ1) is 22.1. The van der Waals surface area contributed by atoms with E-state index in [0.717, 1.165) is 17.0 Å². The lowest BCUT2D eigenvalue weighted by molar-refractivity contribution is -0.133. The topological polar surface area (TPSA) is 101 Å².